The average Bonchev–Trinajstić information content (AvgIpc) is 2.67. The Morgan fingerprint density at radius 2 is 0.731 bits per heavy atom. The molecular formula is C18H34N4O4. The van der Waals surface area contributed by atoms with Crippen LogP contribution in [0.4, 0.5) is 0 Å². The molecule has 0 rings (SSSR count). The van der Waals surface area contributed by atoms with Crippen LogP contribution in [-0.2, 0) is 0 Å². The van der Waals surface area contributed by atoms with Crippen molar-refractivity contribution in [2.45, 2.75) is 90.9 Å². The summed E-state index contributed by atoms with van der Waals surface area (Å²) in [7, 11) is 0. The van der Waals surface area contributed by atoms with Crippen LogP contribution in [0.5, 0.6) is 0 Å². The second kappa shape index (κ2) is 16.4. The fourth-order valence-electron chi connectivity index (χ4n) is 2.72. The van der Waals surface area contributed by atoms with E-state index in [2.05, 4.69) is 20.6 Å². The number of unbranched alkanes of at least 4 members (excludes halogenated alkanes) is 9. The van der Waals surface area contributed by atoms with Crippen molar-refractivity contribution in [2.24, 2.45) is 20.6 Å². The van der Waals surface area contributed by atoms with Gasteiger partial charge in [-0.3, -0.25) is 0 Å². The molecule has 0 saturated carbocycles. The van der Waals surface area contributed by atoms with E-state index in [9.17, 15) is 0 Å². The molecule has 150 valence electrons. The molecule has 0 aromatic heterocycles. The van der Waals surface area contributed by atoms with Crippen molar-refractivity contribution in [1.29, 1.82) is 0 Å². The van der Waals surface area contributed by atoms with Gasteiger partial charge < -0.3 is 20.8 Å². The summed E-state index contributed by atoms with van der Waals surface area (Å²) in [5.74, 6) is 0. The molecular weight excluding hydrogens is 336 g/mol. The topological polar surface area (TPSA) is 130 Å². The predicted octanol–water partition coefficient (Wildman–Crippen LogP) is 5.03. The second-order valence-electron chi connectivity index (χ2n) is 6.50. The van der Waals surface area contributed by atoms with Gasteiger partial charge in [0, 0.05) is 0 Å². The molecule has 0 aromatic carbocycles. The molecule has 0 atom stereocenters. The van der Waals surface area contributed by atoms with Crippen molar-refractivity contribution in [3.63, 3.8) is 0 Å². The summed E-state index contributed by atoms with van der Waals surface area (Å²) in [6.07, 6.45) is 12.4. The summed E-state index contributed by atoms with van der Waals surface area (Å²) in [6.45, 7) is 3.24. The highest BCUT2D eigenvalue weighted by molar-refractivity contribution is 6.41. The molecule has 0 radical (unpaired) electrons. The molecule has 8 heteroatoms. The summed E-state index contributed by atoms with van der Waals surface area (Å²) in [4.78, 5) is 0. The third kappa shape index (κ3) is 11.4. The number of nitrogens with zero attached hydrogens (tertiary/aromatic N) is 4. The van der Waals surface area contributed by atoms with Gasteiger partial charge in [-0.25, -0.2) is 0 Å². The quantitative estimate of drug-likeness (QED) is 0.139. The van der Waals surface area contributed by atoms with E-state index in [1.807, 2.05) is 0 Å². The second-order valence-corrected chi connectivity index (χ2v) is 6.50. The summed E-state index contributed by atoms with van der Waals surface area (Å²) < 4.78 is 0. The van der Waals surface area contributed by atoms with E-state index in [-0.39, 0.29) is 0 Å². The molecule has 0 aliphatic rings. The Labute approximate surface area is 156 Å². The van der Waals surface area contributed by atoms with Gasteiger partial charge in [0.1, 0.15) is 22.8 Å². The van der Waals surface area contributed by atoms with Gasteiger partial charge in [-0.1, -0.05) is 72.0 Å². The van der Waals surface area contributed by atoms with Gasteiger partial charge in [-0.05, 0) is 39.5 Å². The Balaban J connectivity index is 3.50. The monoisotopic (exact) mass is 370 g/mol. The molecule has 0 saturated heterocycles. The highest BCUT2D eigenvalue weighted by Gasteiger charge is 2.06. The lowest BCUT2D eigenvalue weighted by Gasteiger charge is -2.04. The molecule has 0 aliphatic heterocycles. The Morgan fingerprint density at radius 3 is 0.962 bits per heavy atom. The average molecular weight is 370 g/mol. The van der Waals surface area contributed by atoms with E-state index in [0.29, 0.717) is 35.7 Å². The Hall–Kier alpha value is -2.12. The first kappa shape index (κ1) is 23.9. The number of hydrogen-bond donors (Lipinski definition) is 4. The summed E-state index contributed by atoms with van der Waals surface area (Å²) >= 11 is 0. The minimum absolute atomic E-state index is 0.365. The molecule has 0 amide bonds. The maximum atomic E-state index is 8.83. The van der Waals surface area contributed by atoms with Gasteiger partial charge >= 0.3 is 0 Å². The van der Waals surface area contributed by atoms with Crippen molar-refractivity contribution >= 4 is 22.8 Å². The van der Waals surface area contributed by atoms with Crippen molar-refractivity contribution in [3.8, 4) is 0 Å². The van der Waals surface area contributed by atoms with E-state index >= 15 is 0 Å². The standard InChI is InChI=1S/C18H34N4O4/c1-15(19-23)17(21-25)13-11-9-7-5-3-4-6-8-10-12-14-18(22-26)16(2)20-24/h23-26H,3-14H2,1-2H3. The van der Waals surface area contributed by atoms with E-state index in [0.717, 1.165) is 38.5 Å². The van der Waals surface area contributed by atoms with Crippen LogP contribution in [0, 0.1) is 0 Å². The van der Waals surface area contributed by atoms with Gasteiger partial charge in [-0.2, -0.15) is 0 Å². The Kier molecular flexibility index (Phi) is 15.0. The summed E-state index contributed by atoms with van der Waals surface area (Å²) in [6, 6.07) is 0. The molecule has 4 N–H and O–H groups in total. The third-order valence-corrected chi connectivity index (χ3v) is 4.45. The fraction of sp³-hybridized carbons (Fsp3) is 0.778. The van der Waals surface area contributed by atoms with Crippen LogP contribution in [0.3, 0.4) is 0 Å². The zero-order valence-corrected chi connectivity index (χ0v) is 16.1. The van der Waals surface area contributed by atoms with Gasteiger partial charge in [-0.15, -0.1) is 0 Å². The lowest BCUT2D eigenvalue weighted by molar-refractivity contribution is 0.312. The van der Waals surface area contributed by atoms with Crippen LogP contribution in [-0.4, -0.2) is 43.7 Å². The SMILES string of the molecule is CC(=NO)C(CCCCCCCCCCCCC(=NO)C(C)=NO)=NO. The lowest BCUT2D eigenvalue weighted by atomic mass is 10.0. The van der Waals surface area contributed by atoms with E-state index in [4.69, 9.17) is 20.8 Å². The van der Waals surface area contributed by atoms with Crippen molar-refractivity contribution in [1.82, 2.24) is 0 Å². The largest absolute Gasteiger partial charge is 0.411 e. The van der Waals surface area contributed by atoms with Crippen LogP contribution < -0.4 is 0 Å². The van der Waals surface area contributed by atoms with Crippen LogP contribution in [0.1, 0.15) is 90.9 Å². The first-order valence-corrected chi connectivity index (χ1v) is 9.40. The van der Waals surface area contributed by atoms with Crippen molar-refractivity contribution in [2.75, 3.05) is 0 Å². The molecule has 26 heavy (non-hydrogen) atoms. The maximum Gasteiger partial charge on any atom is 0.104 e. The van der Waals surface area contributed by atoms with Crippen LogP contribution >= 0.6 is 0 Å². The fourth-order valence-corrected chi connectivity index (χ4v) is 2.72. The molecule has 8 nitrogen and oxygen atoms in total. The first-order chi connectivity index (χ1) is 12.6. The summed E-state index contributed by atoms with van der Waals surface area (Å²) in [5, 5.41) is 47.4. The minimum Gasteiger partial charge on any atom is -0.411 e. The molecule has 0 spiro atoms. The van der Waals surface area contributed by atoms with E-state index < -0.39 is 0 Å². The van der Waals surface area contributed by atoms with Crippen LogP contribution in [0.15, 0.2) is 20.6 Å². The van der Waals surface area contributed by atoms with Crippen molar-refractivity contribution in [3.05, 3.63) is 0 Å². The predicted molar refractivity (Wildman–Crippen MR) is 104 cm³/mol. The molecule has 0 unspecified atom stereocenters. The molecule has 0 aliphatic carbocycles. The molecule has 0 heterocycles. The highest BCUT2D eigenvalue weighted by atomic mass is 16.4. The zero-order valence-electron chi connectivity index (χ0n) is 16.1. The highest BCUT2D eigenvalue weighted by Crippen LogP contribution is 2.13. The van der Waals surface area contributed by atoms with Crippen LogP contribution in [0.25, 0.3) is 0 Å². The molecule has 0 fully saturated rings. The van der Waals surface area contributed by atoms with E-state index in [1.54, 1.807) is 13.8 Å². The van der Waals surface area contributed by atoms with Crippen LogP contribution in [0.2, 0.25) is 0 Å². The number of oxime groups is 4. The zero-order chi connectivity index (χ0) is 19.6. The maximum absolute atomic E-state index is 8.83. The first-order valence-electron chi connectivity index (χ1n) is 9.40. The summed E-state index contributed by atoms with van der Waals surface area (Å²) in [5.41, 5.74) is 1.62. The van der Waals surface area contributed by atoms with Gasteiger partial charge in [0.05, 0.1) is 0 Å². The number of rotatable bonds is 15. The Morgan fingerprint density at radius 1 is 0.462 bits per heavy atom. The van der Waals surface area contributed by atoms with Gasteiger partial charge in [0.25, 0.3) is 0 Å². The smallest absolute Gasteiger partial charge is 0.104 e. The molecule has 0 aromatic rings. The third-order valence-electron chi connectivity index (χ3n) is 4.45. The van der Waals surface area contributed by atoms with Crippen molar-refractivity contribution < 1.29 is 20.8 Å². The van der Waals surface area contributed by atoms with Gasteiger partial charge in [0.2, 0.25) is 0 Å². The van der Waals surface area contributed by atoms with Gasteiger partial charge in [0.15, 0.2) is 0 Å². The molecule has 0 bridgehead atoms. The van der Waals surface area contributed by atoms with E-state index in [1.165, 1.54) is 25.7 Å². The number of hydrogen-bond acceptors (Lipinski definition) is 8. The normalized spacial score (nSPS) is 14.1. The Bertz CT molecular complexity index is 444. The lowest BCUT2D eigenvalue weighted by Crippen LogP contribution is -2.10. The minimum atomic E-state index is 0.365.